The molecule has 1 N–H and O–H groups in total. The summed E-state index contributed by atoms with van der Waals surface area (Å²) in [6.07, 6.45) is 11.5. The lowest BCUT2D eigenvalue weighted by Gasteiger charge is -2.46. The Bertz CT molecular complexity index is 2210. The molecule has 0 radical (unpaired) electrons. The van der Waals surface area contributed by atoms with Crippen molar-refractivity contribution in [2.24, 2.45) is 5.41 Å². The predicted molar refractivity (Wildman–Crippen MR) is 171 cm³/mol. The van der Waals surface area contributed by atoms with Gasteiger partial charge in [-0.2, -0.15) is 5.26 Å². The molecule has 1 aromatic carbocycles. The molecule has 4 aliphatic heterocycles. The molecule has 1 aliphatic carbocycles. The number of H-pyrrole nitrogens is 1. The molecule has 4 fully saturated rings. The number of pyridine rings is 2. The minimum absolute atomic E-state index is 0.0757. The monoisotopic (exact) mass is 645 g/mol. The van der Waals surface area contributed by atoms with E-state index in [1.807, 2.05) is 33.9 Å². The minimum Gasteiger partial charge on any atom is -0.388 e. The number of hydrogen-bond donors (Lipinski definition) is 1. The number of benzene rings is 1. The van der Waals surface area contributed by atoms with Gasteiger partial charge in [0.2, 0.25) is 0 Å². The van der Waals surface area contributed by atoms with E-state index in [-0.39, 0.29) is 35.4 Å². The third-order valence-electron chi connectivity index (χ3n) is 10.9. The first kappa shape index (κ1) is 29.0. The summed E-state index contributed by atoms with van der Waals surface area (Å²) in [5.41, 5.74) is 5.26. The Kier molecular flexibility index (Phi) is 6.62. The second kappa shape index (κ2) is 11.0. The Morgan fingerprint density at radius 3 is 2.73 bits per heavy atom. The Morgan fingerprint density at radius 2 is 1.98 bits per heavy atom. The van der Waals surface area contributed by atoms with Gasteiger partial charge in [0.25, 0.3) is 11.8 Å². The van der Waals surface area contributed by atoms with Crippen LogP contribution in [0.5, 0.6) is 0 Å². The van der Waals surface area contributed by atoms with Crippen molar-refractivity contribution in [3.05, 3.63) is 87.2 Å². The number of hydrogen-bond acceptors (Lipinski definition) is 8. The van der Waals surface area contributed by atoms with Gasteiger partial charge in [-0.25, -0.2) is 19.3 Å². The summed E-state index contributed by atoms with van der Waals surface area (Å²) in [6, 6.07) is 10.2. The van der Waals surface area contributed by atoms with Gasteiger partial charge in [0.15, 0.2) is 0 Å². The Labute approximate surface area is 274 Å². The molecule has 5 aromatic rings. The number of nitrogens with zero attached hydrogens (tertiary/aromatic N) is 6. The number of nitriles is 1. The van der Waals surface area contributed by atoms with Crippen LogP contribution in [0.3, 0.4) is 0 Å². The van der Waals surface area contributed by atoms with Crippen LogP contribution in [0.15, 0.2) is 51.9 Å². The van der Waals surface area contributed by atoms with E-state index in [1.54, 1.807) is 18.3 Å². The zero-order chi connectivity index (χ0) is 32.6. The summed E-state index contributed by atoms with van der Waals surface area (Å²) in [6.45, 7) is 1.63. The molecule has 0 unspecified atom stereocenters. The van der Waals surface area contributed by atoms with E-state index in [0.29, 0.717) is 52.5 Å². The smallest absolute Gasteiger partial charge is 0.388 e. The van der Waals surface area contributed by atoms with Crippen molar-refractivity contribution in [3.63, 3.8) is 0 Å². The van der Waals surface area contributed by atoms with Crippen LogP contribution < -0.4 is 5.76 Å². The van der Waals surface area contributed by atoms with Gasteiger partial charge < -0.3 is 18.6 Å². The van der Waals surface area contributed by atoms with Crippen molar-refractivity contribution in [2.45, 2.75) is 70.1 Å². The maximum atomic E-state index is 14.8. The number of aromatic amines is 1. The van der Waals surface area contributed by atoms with E-state index in [4.69, 9.17) is 24.4 Å². The van der Waals surface area contributed by atoms with Gasteiger partial charge in [-0.3, -0.25) is 9.78 Å². The Balaban J connectivity index is 1.18. The van der Waals surface area contributed by atoms with E-state index in [9.17, 15) is 14.0 Å². The first-order valence-electron chi connectivity index (χ1n) is 16.6. The zero-order valence-corrected chi connectivity index (χ0v) is 26.2. The first-order valence-corrected chi connectivity index (χ1v) is 16.6. The molecule has 2 bridgehead atoms. The molecule has 1 atom stereocenters. The van der Waals surface area contributed by atoms with Gasteiger partial charge in [-0.1, -0.05) is 6.07 Å². The molecule has 0 spiro atoms. The molecule has 5 aliphatic rings. The van der Waals surface area contributed by atoms with Crippen LogP contribution in [0.2, 0.25) is 0 Å². The highest BCUT2D eigenvalue weighted by molar-refractivity contribution is 6.08. The van der Waals surface area contributed by atoms with E-state index < -0.39 is 11.6 Å². The largest absolute Gasteiger partial charge is 0.434 e. The average Bonchev–Trinajstić information content (AvgIpc) is 3.91. The van der Waals surface area contributed by atoms with Gasteiger partial charge in [0.1, 0.15) is 11.5 Å². The van der Waals surface area contributed by atoms with Crippen LogP contribution in [-0.2, 0) is 17.7 Å². The number of ether oxygens (including phenoxy) is 1. The number of nitrogens with one attached hydrogen (secondary N) is 1. The van der Waals surface area contributed by atoms with Crippen LogP contribution >= 0.6 is 0 Å². The van der Waals surface area contributed by atoms with Crippen molar-refractivity contribution >= 4 is 16.9 Å². The molecule has 48 heavy (non-hydrogen) atoms. The second-order valence-corrected chi connectivity index (χ2v) is 13.7. The molecule has 12 heteroatoms. The predicted octanol–water partition coefficient (Wildman–Crippen LogP) is 5.68. The summed E-state index contributed by atoms with van der Waals surface area (Å²) in [5.74, 6) is -1.14. The molecule has 8 heterocycles. The van der Waals surface area contributed by atoms with E-state index in [2.05, 4.69) is 10.2 Å². The molecule has 242 valence electrons. The number of aromatic nitrogens is 5. The summed E-state index contributed by atoms with van der Waals surface area (Å²) >= 11 is 0. The van der Waals surface area contributed by atoms with Crippen LogP contribution in [0, 0.1) is 22.6 Å². The van der Waals surface area contributed by atoms with Gasteiger partial charge >= 0.3 is 5.76 Å². The quantitative estimate of drug-likeness (QED) is 0.238. The van der Waals surface area contributed by atoms with Crippen LogP contribution in [0.1, 0.15) is 83.9 Å². The lowest BCUT2D eigenvalue weighted by molar-refractivity contribution is -0.117. The molecule has 1 saturated carbocycles. The fourth-order valence-electron chi connectivity index (χ4n) is 8.37. The standard InChI is InChI=1S/C36H32FN7O4/c37-25-14-20(16-38)3-4-22(25)18-43-13-8-21-15-23(17-39-32(21)43)28-29(33-41-42-35(46)48-33)26(7-11-36-9-5-24(6-10-36)47-19-36)40-31-27-2-1-12-44(27)34(45)30(28)31/h3-4,8,13-15,17,24,27H,1-2,5-7,9-12,18-19H2,(H,42,46)/t24?,27-,36?/m0/s1. The molecule has 1 amide bonds. The SMILES string of the molecule is N#Cc1ccc(Cn2ccc3cc(-c4c5c(nc(CCC67CCC(CC6)OC7)c4-c4n[nH]c(=O)o4)[C@@H]4CCCN4C5=O)cnc32)c(F)c1. The average molecular weight is 646 g/mol. The molecule has 11 nitrogen and oxygen atoms in total. The maximum Gasteiger partial charge on any atom is 0.434 e. The fourth-order valence-corrected chi connectivity index (χ4v) is 8.37. The Morgan fingerprint density at radius 1 is 1.10 bits per heavy atom. The number of rotatable bonds is 7. The molecule has 3 saturated heterocycles. The topological polar surface area (TPSA) is 143 Å². The zero-order valence-electron chi connectivity index (χ0n) is 26.2. The second-order valence-electron chi connectivity index (χ2n) is 13.7. The van der Waals surface area contributed by atoms with Gasteiger partial charge in [0.05, 0.1) is 59.4 Å². The van der Waals surface area contributed by atoms with Crippen molar-refractivity contribution < 1.29 is 18.3 Å². The minimum atomic E-state index is -0.687. The number of amides is 1. The van der Waals surface area contributed by atoms with E-state index in [1.165, 1.54) is 6.07 Å². The summed E-state index contributed by atoms with van der Waals surface area (Å²) < 4.78 is 28.4. The van der Waals surface area contributed by atoms with E-state index in [0.717, 1.165) is 68.3 Å². The first-order chi connectivity index (χ1) is 23.4. The lowest BCUT2D eigenvalue weighted by atomic mass is 9.68. The molecular weight excluding hydrogens is 613 g/mol. The third-order valence-corrected chi connectivity index (χ3v) is 10.9. The lowest BCUT2D eigenvalue weighted by Crippen LogP contribution is -2.42. The molecule has 4 aromatic heterocycles. The van der Waals surface area contributed by atoms with Crippen LogP contribution in [-0.4, -0.2) is 54.8 Å². The van der Waals surface area contributed by atoms with Crippen molar-refractivity contribution in [1.29, 1.82) is 5.26 Å². The highest BCUT2D eigenvalue weighted by atomic mass is 19.1. The summed E-state index contributed by atoms with van der Waals surface area (Å²) in [5, 5.41) is 16.6. The highest BCUT2D eigenvalue weighted by Gasteiger charge is 2.46. The van der Waals surface area contributed by atoms with Crippen molar-refractivity contribution in [3.8, 4) is 28.7 Å². The fraction of sp³-hybridized carbons (Fsp3) is 0.389. The van der Waals surface area contributed by atoms with Gasteiger partial charge in [-0.15, -0.1) is 5.10 Å². The summed E-state index contributed by atoms with van der Waals surface area (Å²) in [7, 11) is 0. The van der Waals surface area contributed by atoms with Crippen molar-refractivity contribution in [2.75, 3.05) is 13.2 Å². The van der Waals surface area contributed by atoms with E-state index >= 15 is 0 Å². The van der Waals surface area contributed by atoms with Crippen LogP contribution in [0.25, 0.3) is 33.6 Å². The number of carbonyl (C=O) groups excluding carboxylic acids is 1. The third kappa shape index (κ3) is 4.59. The highest BCUT2D eigenvalue weighted by Crippen LogP contribution is 2.50. The van der Waals surface area contributed by atoms with Crippen molar-refractivity contribution in [1.82, 2.24) is 29.6 Å². The number of aryl methyl sites for hydroxylation is 1. The maximum absolute atomic E-state index is 14.8. The van der Waals surface area contributed by atoms with Gasteiger partial charge in [0, 0.05) is 41.0 Å². The molecular formula is C36H32FN7O4. The summed E-state index contributed by atoms with van der Waals surface area (Å²) in [4.78, 5) is 38.4. The molecule has 10 rings (SSSR count). The number of fused-ring (bicyclic) bond motifs is 7. The number of carbonyl (C=O) groups is 1. The van der Waals surface area contributed by atoms with Gasteiger partial charge in [-0.05, 0) is 81.0 Å². The normalized spacial score (nSPS) is 22.8. The van der Waals surface area contributed by atoms with Crippen LogP contribution in [0.4, 0.5) is 4.39 Å². The Hall–Kier alpha value is -5.15. The number of halogens is 1.